The monoisotopic (exact) mass is 283 g/mol. The molecule has 0 spiro atoms. The molecule has 0 amide bonds. The second kappa shape index (κ2) is 6.19. The van der Waals surface area contributed by atoms with Gasteiger partial charge in [0.1, 0.15) is 13.2 Å². The van der Waals surface area contributed by atoms with Crippen molar-refractivity contribution in [1.29, 1.82) is 0 Å². The minimum absolute atomic E-state index is 0.298. The van der Waals surface area contributed by atoms with Gasteiger partial charge in [0.2, 0.25) is 0 Å². The van der Waals surface area contributed by atoms with Gasteiger partial charge in [-0.25, -0.2) is 0 Å². The van der Waals surface area contributed by atoms with E-state index >= 15 is 0 Å². The van der Waals surface area contributed by atoms with E-state index in [1.54, 1.807) is 0 Å². The van der Waals surface area contributed by atoms with Gasteiger partial charge in [0, 0.05) is 18.2 Å². The lowest BCUT2D eigenvalue weighted by molar-refractivity contribution is 0.169. The van der Waals surface area contributed by atoms with Crippen LogP contribution in [0.1, 0.15) is 29.7 Å². The average molecular weight is 283 g/mol. The summed E-state index contributed by atoms with van der Waals surface area (Å²) in [6.07, 6.45) is 0. The van der Waals surface area contributed by atoms with E-state index in [1.807, 2.05) is 12.1 Å². The Labute approximate surface area is 125 Å². The standard InChI is InChI=1S/C18H21NO2/c1-13-6-3-4-8-16(13)14(2)19-12-15-7-5-9-17-18(15)21-11-10-20-17/h3-9,14,19H,10-12H2,1-2H3/t14-/m1/s1. The first-order chi connectivity index (χ1) is 10.3. The van der Waals surface area contributed by atoms with Gasteiger partial charge >= 0.3 is 0 Å². The number of fused-ring (bicyclic) bond motifs is 1. The zero-order valence-electron chi connectivity index (χ0n) is 12.6. The third-order valence-electron chi connectivity index (χ3n) is 3.90. The fourth-order valence-electron chi connectivity index (χ4n) is 2.72. The molecule has 3 nitrogen and oxygen atoms in total. The van der Waals surface area contributed by atoms with Crippen molar-refractivity contribution >= 4 is 0 Å². The third kappa shape index (κ3) is 3.03. The molecule has 3 rings (SSSR count). The zero-order chi connectivity index (χ0) is 14.7. The normalized spacial score (nSPS) is 14.8. The largest absolute Gasteiger partial charge is 0.486 e. The SMILES string of the molecule is Cc1ccccc1[C@@H](C)NCc1cccc2c1OCCO2. The molecule has 0 bridgehead atoms. The molecule has 0 saturated carbocycles. The molecule has 0 aliphatic carbocycles. The van der Waals surface area contributed by atoms with Gasteiger partial charge in [-0.3, -0.25) is 0 Å². The van der Waals surface area contributed by atoms with Gasteiger partial charge in [0.25, 0.3) is 0 Å². The van der Waals surface area contributed by atoms with Crippen molar-refractivity contribution in [1.82, 2.24) is 5.32 Å². The van der Waals surface area contributed by atoms with Crippen LogP contribution in [-0.2, 0) is 6.54 Å². The van der Waals surface area contributed by atoms with Gasteiger partial charge in [0.15, 0.2) is 11.5 Å². The van der Waals surface area contributed by atoms with Crippen molar-refractivity contribution in [2.24, 2.45) is 0 Å². The van der Waals surface area contributed by atoms with Gasteiger partial charge in [-0.1, -0.05) is 36.4 Å². The van der Waals surface area contributed by atoms with E-state index in [-0.39, 0.29) is 0 Å². The van der Waals surface area contributed by atoms with Gasteiger partial charge < -0.3 is 14.8 Å². The highest BCUT2D eigenvalue weighted by molar-refractivity contribution is 5.47. The summed E-state index contributed by atoms with van der Waals surface area (Å²) in [5.41, 5.74) is 3.79. The quantitative estimate of drug-likeness (QED) is 0.929. The summed E-state index contributed by atoms with van der Waals surface area (Å²) >= 11 is 0. The summed E-state index contributed by atoms with van der Waals surface area (Å²) in [5.74, 6) is 1.73. The van der Waals surface area contributed by atoms with Crippen LogP contribution in [0.25, 0.3) is 0 Å². The molecule has 1 aliphatic heterocycles. The summed E-state index contributed by atoms with van der Waals surface area (Å²) in [6, 6.07) is 14.8. The summed E-state index contributed by atoms with van der Waals surface area (Å²) < 4.78 is 11.4. The van der Waals surface area contributed by atoms with Crippen molar-refractivity contribution in [3.63, 3.8) is 0 Å². The number of hydrogen-bond donors (Lipinski definition) is 1. The first-order valence-corrected chi connectivity index (χ1v) is 7.42. The molecule has 3 heteroatoms. The van der Waals surface area contributed by atoms with E-state index in [0.717, 1.165) is 23.6 Å². The lowest BCUT2D eigenvalue weighted by Gasteiger charge is -2.22. The Bertz CT molecular complexity index is 624. The number of nitrogens with one attached hydrogen (secondary N) is 1. The maximum Gasteiger partial charge on any atom is 0.165 e. The minimum atomic E-state index is 0.298. The molecule has 1 aliphatic rings. The summed E-state index contributed by atoms with van der Waals surface area (Å²) in [7, 11) is 0. The lowest BCUT2D eigenvalue weighted by atomic mass is 10.0. The van der Waals surface area contributed by atoms with Crippen LogP contribution in [0.2, 0.25) is 0 Å². The molecule has 0 aromatic heterocycles. The van der Waals surface area contributed by atoms with Crippen molar-refractivity contribution in [3.05, 3.63) is 59.2 Å². The minimum Gasteiger partial charge on any atom is -0.486 e. The molecular weight excluding hydrogens is 262 g/mol. The highest BCUT2D eigenvalue weighted by Gasteiger charge is 2.16. The van der Waals surface area contributed by atoms with E-state index in [4.69, 9.17) is 9.47 Å². The van der Waals surface area contributed by atoms with Crippen molar-refractivity contribution in [2.45, 2.75) is 26.4 Å². The van der Waals surface area contributed by atoms with E-state index < -0.39 is 0 Å². The molecule has 1 atom stereocenters. The maximum atomic E-state index is 5.75. The second-order valence-electron chi connectivity index (χ2n) is 5.40. The molecule has 0 unspecified atom stereocenters. The molecule has 0 radical (unpaired) electrons. The number of para-hydroxylation sites is 1. The van der Waals surface area contributed by atoms with E-state index in [9.17, 15) is 0 Å². The van der Waals surface area contributed by atoms with Crippen molar-refractivity contribution in [2.75, 3.05) is 13.2 Å². The Kier molecular flexibility index (Phi) is 4.11. The van der Waals surface area contributed by atoms with Gasteiger partial charge in [0.05, 0.1) is 0 Å². The molecule has 0 saturated heterocycles. The first kappa shape index (κ1) is 14.0. The van der Waals surface area contributed by atoms with Gasteiger partial charge in [-0.15, -0.1) is 0 Å². The predicted octanol–water partition coefficient (Wildman–Crippen LogP) is 3.62. The summed E-state index contributed by atoms with van der Waals surface area (Å²) in [5, 5.41) is 3.57. The Hall–Kier alpha value is -2.00. The van der Waals surface area contributed by atoms with E-state index in [2.05, 4.69) is 49.5 Å². The predicted molar refractivity (Wildman–Crippen MR) is 83.9 cm³/mol. The Morgan fingerprint density at radius 2 is 1.86 bits per heavy atom. The van der Waals surface area contributed by atoms with Crippen LogP contribution in [0.15, 0.2) is 42.5 Å². The number of rotatable bonds is 4. The van der Waals surface area contributed by atoms with Gasteiger partial charge in [-0.05, 0) is 31.0 Å². The summed E-state index contributed by atoms with van der Waals surface area (Å²) in [6.45, 7) is 6.35. The van der Waals surface area contributed by atoms with E-state index in [0.29, 0.717) is 19.3 Å². The molecule has 2 aromatic rings. The number of hydrogen-bond acceptors (Lipinski definition) is 3. The van der Waals surface area contributed by atoms with Crippen LogP contribution in [0, 0.1) is 6.92 Å². The van der Waals surface area contributed by atoms with Crippen LogP contribution in [0.4, 0.5) is 0 Å². The lowest BCUT2D eigenvalue weighted by Crippen LogP contribution is -2.21. The second-order valence-corrected chi connectivity index (χ2v) is 5.40. The molecule has 21 heavy (non-hydrogen) atoms. The van der Waals surface area contributed by atoms with Crippen LogP contribution in [-0.4, -0.2) is 13.2 Å². The zero-order valence-corrected chi connectivity index (χ0v) is 12.6. The van der Waals surface area contributed by atoms with Crippen molar-refractivity contribution in [3.8, 4) is 11.5 Å². The fourth-order valence-corrected chi connectivity index (χ4v) is 2.72. The molecule has 1 N–H and O–H groups in total. The topological polar surface area (TPSA) is 30.5 Å². The molecule has 1 heterocycles. The third-order valence-corrected chi connectivity index (χ3v) is 3.90. The van der Waals surface area contributed by atoms with Crippen LogP contribution in [0.3, 0.4) is 0 Å². The highest BCUT2D eigenvalue weighted by Crippen LogP contribution is 2.33. The van der Waals surface area contributed by atoms with Crippen LogP contribution in [0.5, 0.6) is 11.5 Å². The smallest absolute Gasteiger partial charge is 0.165 e. The van der Waals surface area contributed by atoms with Crippen LogP contribution >= 0.6 is 0 Å². The van der Waals surface area contributed by atoms with Gasteiger partial charge in [-0.2, -0.15) is 0 Å². The molecular formula is C18H21NO2. The summed E-state index contributed by atoms with van der Waals surface area (Å²) in [4.78, 5) is 0. The average Bonchev–Trinajstić information content (AvgIpc) is 2.53. The first-order valence-electron chi connectivity index (χ1n) is 7.42. The molecule has 110 valence electrons. The number of aryl methyl sites for hydroxylation is 1. The molecule has 2 aromatic carbocycles. The Balaban J connectivity index is 1.72. The Morgan fingerprint density at radius 3 is 2.71 bits per heavy atom. The maximum absolute atomic E-state index is 5.75. The fraction of sp³-hybridized carbons (Fsp3) is 0.333. The highest BCUT2D eigenvalue weighted by atomic mass is 16.6. The number of ether oxygens (including phenoxy) is 2. The van der Waals surface area contributed by atoms with Crippen molar-refractivity contribution < 1.29 is 9.47 Å². The molecule has 0 fully saturated rings. The Morgan fingerprint density at radius 1 is 1.05 bits per heavy atom. The number of benzene rings is 2. The van der Waals surface area contributed by atoms with Crippen LogP contribution < -0.4 is 14.8 Å². The van der Waals surface area contributed by atoms with E-state index in [1.165, 1.54) is 11.1 Å².